The Bertz CT molecular complexity index is 478. The second-order valence-electron chi connectivity index (χ2n) is 6.27. The van der Waals surface area contributed by atoms with E-state index in [4.69, 9.17) is 10.9 Å². The molecule has 3 rings (SSSR count). The van der Waals surface area contributed by atoms with Crippen molar-refractivity contribution in [3.63, 3.8) is 0 Å². The Morgan fingerprint density at radius 1 is 1.20 bits per heavy atom. The van der Waals surface area contributed by atoms with Crippen molar-refractivity contribution in [1.82, 2.24) is 4.90 Å². The SMILES string of the molecule is NC(=NO)c1cccc(CN(CC2CC2)CC2CC2)c1. The topological polar surface area (TPSA) is 61.9 Å². The third kappa shape index (κ3) is 3.73. The highest BCUT2D eigenvalue weighted by atomic mass is 16.4. The average Bonchev–Trinajstić information content (AvgIpc) is 3.34. The van der Waals surface area contributed by atoms with Crippen molar-refractivity contribution >= 4 is 5.84 Å². The Kier molecular flexibility index (Phi) is 3.92. The fourth-order valence-corrected chi connectivity index (χ4v) is 2.68. The van der Waals surface area contributed by atoms with Crippen molar-refractivity contribution < 1.29 is 5.21 Å². The third-order valence-corrected chi connectivity index (χ3v) is 4.16. The molecule has 0 unspecified atom stereocenters. The molecule has 0 radical (unpaired) electrons. The Morgan fingerprint density at radius 3 is 2.40 bits per heavy atom. The van der Waals surface area contributed by atoms with E-state index in [0.29, 0.717) is 0 Å². The molecular formula is C16H23N3O. The molecule has 0 amide bonds. The molecule has 1 aromatic rings. The van der Waals surface area contributed by atoms with Crippen LogP contribution in [-0.2, 0) is 6.54 Å². The fourth-order valence-electron chi connectivity index (χ4n) is 2.68. The number of hydrogen-bond donors (Lipinski definition) is 2. The predicted molar refractivity (Wildman–Crippen MR) is 79.7 cm³/mol. The fraction of sp³-hybridized carbons (Fsp3) is 0.562. The molecule has 4 nitrogen and oxygen atoms in total. The summed E-state index contributed by atoms with van der Waals surface area (Å²) in [6.07, 6.45) is 5.58. The van der Waals surface area contributed by atoms with Gasteiger partial charge < -0.3 is 10.9 Å². The first-order chi connectivity index (χ1) is 9.74. The van der Waals surface area contributed by atoms with Gasteiger partial charge in [0.05, 0.1) is 0 Å². The molecule has 0 spiro atoms. The van der Waals surface area contributed by atoms with E-state index < -0.39 is 0 Å². The quantitative estimate of drug-likeness (QED) is 0.347. The summed E-state index contributed by atoms with van der Waals surface area (Å²) in [5.74, 6) is 2.02. The summed E-state index contributed by atoms with van der Waals surface area (Å²) < 4.78 is 0. The zero-order chi connectivity index (χ0) is 13.9. The van der Waals surface area contributed by atoms with E-state index in [1.807, 2.05) is 18.2 Å². The first-order valence-electron chi connectivity index (χ1n) is 7.54. The summed E-state index contributed by atoms with van der Waals surface area (Å²) in [5.41, 5.74) is 7.70. The molecule has 2 fully saturated rings. The maximum Gasteiger partial charge on any atom is 0.170 e. The van der Waals surface area contributed by atoms with Gasteiger partial charge in [-0.15, -0.1) is 0 Å². The molecule has 4 heteroatoms. The van der Waals surface area contributed by atoms with Gasteiger partial charge in [0.1, 0.15) is 0 Å². The first-order valence-corrected chi connectivity index (χ1v) is 7.54. The lowest BCUT2D eigenvalue weighted by atomic mass is 10.1. The maximum absolute atomic E-state index is 8.77. The lowest BCUT2D eigenvalue weighted by molar-refractivity contribution is 0.244. The zero-order valence-electron chi connectivity index (χ0n) is 11.8. The number of rotatable bonds is 7. The van der Waals surface area contributed by atoms with Gasteiger partial charge in [0.25, 0.3) is 0 Å². The first kappa shape index (κ1) is 13.4. The van der Waals surface area contributed by atoms with E-state index in [1.54, 1.807) is 0 Å². The molecule has 20 heavy (non-hydrogen) atoms. The van der Waals surface area contributed by atoms with Gasteiger partial charge in [-0.05, 0) is 49.1 Å². The Morgan fingerprint density at radius 2 is 1.85 bits per heavy atom. The second-order valence-corrected chi connectivity index (χ2v) is 6.27. The summed E-state index contributed by atoms with van der Waals surface area (Å²) in [5, 5.41) is 11.8. The normalized spacial score (nSPS) is 19.6. The van der Waals surface area contributed by atoms with E-state index in [1.165, 1.54) is 44.3 Å². The molecule has 0 aromatic heterocycles. The van der Waals surface area contributed by atoms with Crippen LogP contribution < -0.4 is 5.73 Å². The smallest absolute Gasteiger partial charge is 0.170 e. The van der Waals surface area contributed by atoms with Gasteiger partial charge in [0, 0.05) is 25.2 Å². The highest BCUT2D eigenvalue weighted by molar-refractivity contribution is 5.97. The van der Waals surface area contributed by atoms with Gasteiger partial charge in [-0.25, -0.2) is 0 Å². The number of amidine groups is 1. The third-order valence-electron chi connectivity index (χ3n) is 4.16. The molecule has 3 N–H and O–H groups in total. The van der Waals surface area contributed by atoms with Crippen LogP contribution in [0.3, 0.4) is 0 Å². The molecule has 2 saturated carbocycles. The monoisotopic (exact) mass is 273 g/mol. The van der Waals surface area contributed by atoms with Crippen LogP contribution in [0.1, 0.15) is 36.8 Å². The number of benzene rings is 1. The van der Waals surface area contributed by atoms with Crippen LogP contribution in [-0.4, -0.2) is 29.0 Å². The van der Waals surface area contributed by atoms with Crippen molar-refractivity contribution in [2.45, 2.75) is 32.2 Å². The molecule has 2 aliphatic rings. The van der Waals surface area contributed by atoms with Gasteiger partial charge in [-0.2, -0.15) is 0 Å². The largest absolute Gasteiger partial charge is 0.409 e. The molecule has 0 atom stereocenters. The van der Waals surface area contributed by atoms with E-state index in [2.05, 4.69) is 16.1 Å². The minimum absolute atomic E-state index is 0.183. The summed E-state index contributed by atoms with van der Waals surface area (Å²) in [6, 6.07) is 8.02. The second kappa shape index (κ2) is 5.83. The molecule has 0 saturated heterocycles. The van der Waals surface area contributed by atoms with Crippen molar-refractivity contribution in [2.75, 3.05) is 13.1 Å². The molecule has 0 bridgehead atoms. The highest BCUT2D eigenvalue weighted by Gasteiger charge is 2.29. The van der Waals surface area contributed by atoms with Gasteiger partial charge in [-0.1, -0.05) is 23.4 Å². The lowest BCUT2D eigenvalue weighted by Crippen LogP contribution is -2.28. The maximum atomic E-state index is 8.77. The van der Waals surface area contributed by atoms with Crippen molar-refractivity contribution in [3.8, 4) is 0 Å². The zero-order valence-corrected chi connectivity index (χ0v) is 11.8. The van der Waals surface area contributed by atoms with Crippen LogP contribution in [0.25, 0.3) is 0 Å². The van der Waals surface area contributed by atoms with Crippen LogP contribution in [0.2, 0.25) is 0 Å². The van der Waals surface area contributed by atoms with Crippen LogP contribution in [0.5, 0.6) is 0 Å². The standard InChI is InChI=1S/C16H23N3O/c17-16(18-20)15-3-1-2-14(8-15)11-19(9-12-4-5-12)10-13-6-7-13/h1-3,8,12-13,20H,4-7,9-11H2,(H2,17,18). The van der Waals surface area contributed by atoms with Gasteiger partial charge in [0.15, 0.2) is 5.84 Å². The van der Waals surface area contributed by atoms with Gasteiger partial charge in [0.2, 0.25) is 0 Å². The number of oxime groups is 1. The summed E-state index contributed by atoms with van der Waals surface area (Å²) in [4.78, 5) is 2.58. The van der Waals surface area contributed by atoms with Gasteiger partial charge in [-0.3, -0.25) is 4.90 Å². The average molecular weight is 273 g/mol. The van der Waals surface area contributed by atoms with Crippen LogP contribution >= 0.6 is 0 Å². The minimum atomic E-state index is 0.183. The Hall–Kier alpha value is -1.55. The van der Waals surface area contributed by atoms with Crippen molar-refractivity contribution in [3.05, 3.63) is 35.4 Å². The predicted octanol–water partition coefficient (Wildman–Crippen LogP) is 2.40. The number of hydrogen-bond acceptors (Lipinski definition) is 3. The number of nitrogens with two attached hydrogens (primary N) is 1. The van der Waals surface area contributed by atoms with Gasteiger partial charge >= 0.3 is 0 Å². The molecule has 108 valence electrons. The van der Waals surface area contributed by atoms with Crippen LogP contribution in [0.4, 0.5) is 0 Å². The summed E-state index contributed by atoms with van der Waals surface area (Å²) >= 11 is 0. The molecular weight excluding hydrogens is 250 g/mol. The Labute approximate surface area is 120 Å². The van der Waals surface area contributed by atoms with Crippen molar-refractivity contribution in [1.29, 1.82) is 0 Å². The Balaban J connectivity index is 1.66. The van der Waals surface area contributed by atoms with E-state index >= 15 is 0 Å². The number of nitrogens with zero attached hydrogens (tertiary/aromatic N) is 2. The van der Waals surface area contributed by atoms with E-state index in [9.17, 15) is 0 Å². The summed E-state index contributed by atoms with van der Waals surface area (Å²) in [7, 11) is 0. The highest BCUT2D eigenvalue weighted by Crippen LogP contribution is 2.34. The van der Waals surface area contributed by atoms with Crippen LogP contribution in [0, 0.1) is 11.8 Å². The molecule has 2 aliphatic carbocycles. The van der Waals surface area contributed by atoms with Crippen LogP contribution in [0.15, 0.2) is 29.4 Å². The lowest BCUT2D eigenvalue weighted by Gasteiger charge is -2.22. The van der Waals surface area contributed by atoms with E-state index in [0.717, 1.165) is 23.9 Å². The molecule has 1 aromatic carbocycles. The molecule has 0 aliphatic heterocycles. The molecule has 0 heterocycles. The van der Waals surface area contributed by atoms with E-state index in [-0.39, 0.29) is 5.84 Å². The summed E-state index contributed by atoms with van der Waals surface area (Å²) in [6.45, 7) is 3.42. The van der Waals surface area contributed by atoms with Crippen molar-refractivity contribution in [2.24, 2.45) is 22.7 Å². The minimum Gasteiger partial charge on any atom is -0.409 e.